The molecule has 0 unspecified atom stereocenters. The summed E-state index contributed by atoms with van der Waals surface area (Å²) in [6.07, 6.45) is 8.18. The van der Waals surface area contributed by atoms with Crippen molar-refractivity contribution in [2.24, 2.45) is 5.92 Å². The number of rotatable bonds is 5. The summed E-state index contributed by atoms with van der Waals surface area (Å²) >= 11 is 3.41. The van der Waals surface area contributed by atoms with Crippen molar-refractivity contribution in [3.05, 3.63) is 22.7 Å². The fraction of sp³-hybridized carbons (Fsp3) is 0.562. The van der Waals surface area contributed by atoms with E-state index in [0.717, 1.165) is 22.5 Å². The molecule has 0 aliphatic heterocycles. The monoisotopic (exact) mass is 339 g/mol. The molecule has 0 aromatic heterocycles. The molecular formula is C16H22BrNO2. The van der Waals surface area contributed by atoms with Crippen LogP contribution in [0.5, 0.6) is 5.75 Å². The molecule has 2 rings (SSSR count). The zero-order chi connectivity index (χ0) is 14.4. The van der Waals surface area contributed by atoms with Crippen LogP contribution >= 0.6 is 15.9 Å². The van der Waals surface area contributed by atoms with Gasteiger partial charge in [0.2, 0.25) is 5.91 Å². The Hall–Kier alpha value is -1.03. The van der Waals surface area contributed by atoms with E-state index in [2.05, 4.69) is 21.2 Å². The van der Waals surface area contributed by atoms with E-state index in [1.807, 2.05) is 18.2 Å². The van der Waals surface area contributed by atoms with E-state index >= 15 is 0 Å². The molecule has 0 spiro atoms. The van der Waals surface area contributed by atoms with Gasteiger partial charge >= 0.3 is 0 Å². The highest BCUT2D eigenvalue weighted by atomic mass is 79.9. The molecule has 110 valence electrons. The Morgan fingerprint density at radius 1 is 1.35 bits per heavy atom. The second-order valence-electron chi connectivity index (χ2n) is 5.44. The van der Waals surface area contributed by atoms with Crippen molar-refractivity contribution in [3.8, 4) is 5.75 Å². The molecule has 1 aromatic rings. The van der Waals surface area contributed by atoms with Crippen molar-refractivity contribution in [1.29, 1.82) is 0 Å². The van der Waals surface area contributed by atoms with Gasteiger partial charge in [0, 0.05) is 10.9 Å². The number of carbonyl (C=O) groups is 1. The third-order valence-corrected chi connectivity index (χ3v) is 4.43. The highest BCUT2D eigenvalue weighted by Crippen LogP contribution is 2.29. The van der Waals surface area contributed by atoms with Crippen molar-refractivity contribution in [1.82, 2.24) is 0 Å². The van der Waals surface area contributed by atoms with Crippen molar-refractivity contribution >= 4 is 27.5 Å². The van der Waals surface area contributed by atoms with Gasteiger partial charge < -0.3 is 10.1 Å². The van der Waals surface area contributed by atoms with E-state index < -0.39 is 0 Å². The minimum absolute atomic E-state index is 0.0759. The number of anilines is 1. The number of halogens is 1. The molecule has 0 heterocycles. The van der Waals surface area contributed by atoms with Crippen LogP contribution in [0.3, 0.4) is 0 Å². The van der Waals surface area contributed by atoms with Crippen LogP contribution in [0.25, 0.3) is 0 Å². The minimum Gasteiger partial charge on any atom is -0.495 e. The van der Waals surface area contributed by atoms with Crippen LogP contribution < -0.4 is 10.1 Å². The van der Waals surface area contributed by atoms with Crippen LogP contribution in [0.2, 0.25) is 0 Å². The van der Waals surface area contributed by atoms with Crippen molar-refractivity contribution in [2.75, 3.05) is 12.4 Å². The third-order valence-electron chi connectivity index (χ3n) is 3.94. The fourth-order valence-electron chi connectivity index (χ4n) is 2.80. The summed E-state index contributed by atoms with van der Waals surface area (Å²) in [5.41, 5.74) is 0.732. The van der Waals surface area contributed by atoms with E-state index in [1.54, 1.807) is 7.11 Å². The lowest BCUT2D eigenvalue weighted by atomic mass is 9.86. The average Bonchev–Trinajstić information content (AvgIpc) is 2.46. The normalized spacial score (nSPS) is 15.9. The number of methoxy groups -OCH3 is 1. The SMILES string of the molecule is COc1ccc(Br)cc1NC(=O)CCC1CCCCC1. The molecule has 1 N–H and O–H groups in total. The van der Waals surface area contributed by atoms with E-state index in [9.17, 15) is 4.79 Å². The van der Waals surface area contributed by atoms with Crippen molar-refractivity contribution in [2.45, 2.75) is 44.9 Å². The molecule has 1 fully saturated rings. The Morgan fingerprint density at radius 3 is 2.80 bits per heavy atom. The average molecular weight is 340 g/mol. The number of carbonyl (C=O) groups excluding carboxylic acids is 1. The Balaban J connectivity index is 1.86. The zero-order valence-electron chi connectivity index (χ0n) is 12.0. The van der Waals surface area contributed by atoms with Gasteiger partial charge in [0.25, 0.3) is 0 Å². The van der Waals surface area contributed by atoms with Gasteiger partial charge in [-0.15, -0.1) is 0 Å². The molecule has 0 radical (unpaired) electrons. The number of hydrogen-bond donors (Lipinski definition) is 1. The zero-order valence-corrected chi connectivity index (χ0v) is 13.5. The first-order valence-corrected chi connectivity index (χ1v) is 8.11. The molecule has 20 heavy (non-hydrogen) atoms. The molecule has 1 amide bonds. The van der Waals surface area contributed by atoms with Gasteiger partial charge in [-0.05, 0) is 30.5 Å². The standard InChI is InChI=1S/C16H22BrNO2/c1-20-15-9-8-13(17)11-14(15)18-16(19)10-7-12-5-3-2-4-6-12/h8-9,11-12H,2-7,10H2,1H3,(H,18,19). The lowest BCUT2D eigenvalue weighted by Crippen LogP contribution is -2.15. The van der Waals surface area contributed by atoms with Crippen LogP contribution in [0, 0.1) is 5.92 Å². The summed E-state index contributed by atoms with van der Waals surface area (Å²) in [7, 11) is 1.61. The van der Waals surface area contributed by atoms with Crippen LogP contribution in [0.15, 0.2) is 22.7 Å². The van der Waals surface area contributed by atoms with Gasteiger partial charge in [0.05, 0.1) is 12.8 Å². The number of hydrogen-bond acceptors (Lipinski definition) is 2. The van der Waals surface area contributed by atoms with Crippen LogP contribution in [0.4, 0.5) is 5.69 Å². The molecule has 1 aromatic carbocycles. The Labute approximate surface area is 129 Å². The highest BCUT2D eigenvalue weighted by molar-refractivity contribution is 9.10. The summed E-state index contributed by atoms with van der Waals surface area (Å²) in [6, 6.07) is 5.62. The second kappa shape index (κ2) is 7.67. The lowest BCUT2D eigenvalue weighted by molar-refractivity contribution is -0.116. The predicted molar refractivity (Wildman–Crippen MR) is 85.1 cm³/mol. The summed E-state index contributed by atoms with van der Waals surface area (Å²) in [5, 5.41) is 2.95. The maximum atomic E-state index is 12.1. The highest BCUT2D eigenvalue weighted by Gasteiger charge is 2.15. The van der Waals surface area contributed by atoms with Gasteiger partial charge in [0.1, 0.15) is 5.75 Å². The van der Waals surface area contributed by atoms with Crippen molar-refractivity contribution < 1.29 is 9.53 Å². The number of ether oxygens (including phenoxy) is 1. The maximum Gasteiger partial charge on any atom is 0.224 e. The Kier molecular flexibility index (Phi) is 5.89. The number of benzene rings is 1. The maximum absolute atomic E-state index is 12.1. The first kappa shape index (κ1) is 15.4. The smallest absolute Gasteiger partial charge is 0.224 e. The van der Waals surface area contributed by atoms with Gasteiger partial charge in [-0.2, -0.15) is 0 Å². The molecule has 0 bridgehead atoms. The summed E-state index contributed by atoms with van der Waals surface area (Å²) in [6.45, 7) is 0. The molecule has 4 heteroatoms. The summed E-state index contributed by atoms with van der Waals surface area (Å²) in [4.78, 5) is 12.1. The molecule has 0 atom stereocenters. The predicted octanol–water partition coefficient (Wildman–Crippen LogP) is 4.76. The summed E-state index contributed by atoms with van der Waals surface area (Å²) < 4.78 is 6.19. The number of amides is 1. The molecule has 0 saturated heterocycles. The van der Waals surface area contributed by atoms with Crippen LogP contribution in [-0.2, 0) is 4.79 Å². The minimum atomic E-state index is 0.0759. The second-order valence-corrected chi connectivity index (χ2v) is 6.35. The van der Waals surface area contributed by atoms with Crippen LogP contribution in [0.1, 0.15) is 44.9 Å². The molecule has 1 saturated carbocycles. The first-order valence-electron chi connectivity index (χ1n) is 7.32. The quantitative estimate of drug-likeness (QED) is 0.839. The van der Waals surface area contributed by atoms with Crippen molar-refractivity contribution in [3.63, 3.8) is 0 Å². The van der Waals surface area contributed by atoms with E-state index in [1.165, 1.54) is 32.1 Å². The van der Waals surface area contributed by atoms with E-state index in [0.29, 0.717) is 12.2 Å². The third kappa shape index (κ3) is 4.51. The van der Waals surface area contributed by atoms with E-state index in [4.69, 9.17) is 4.74 Å². The van der Waals surface area contributed by atoms with Gasteiger partial charge in [-0.3, -0.25) is 4.79 Å². The van der Waals surface area contributed by atoms with Crippen LogP contribution in [-0.4, -0.2) is 13.0 Å². The van der Waals surface area contributed by atoms with Gasteiger partial charge in [-0.25, -0.2) is 0 Å². The fourth-order valence-corrected chi connectivity index (χ4v) is 3.16. The Bertz CT molecular complexity index is 456. The lowest BCUT2D eigenvalue weighted by Gasteiger charge is -2.21. The molecule has 1 aliphatic rings. The number of nitrogens with one attached hydrogen (secondary N) is 1. The Morgan fingerprint density at radius 2 is 2.10 bits per heavy atom. The van der Waals surface area contributed by atoms with Gasteiger partial charge in [0.15, 0.2) is 0 Å². The molecule has 1 aliphatic carbocycles. The summed E-state index contributed by atoms with van der Waals surface area (Å²) in [5.74, 6) is 1.50. The topological polar surface area (TPSA) is 38.3 Å². The largest absolute Gasteiger partial charge is 0.495 e. The van der Waals surface area contributed by atoms with Gasteiger partial charge in [-0.1, -0.05) is 48.0 Å². The first-order chi connectivity index (χ1) is 9.69. The molecule has 3 nitrogen and oxygen atoms in total. The van der Waals surface area contributed by atoms with E-state index in [-0.39, 0.29) is 5.91 Å². The molecular weight excluding hydrogens is 318 g/mol.